The fourth-order valence-corrected chi connectivity index (χ4v) is 2.43. The molecule has 1 N–H and O–H groups in total. The molecule has 0 spiro atoms. The monoisotopic (exact) mass is 268 g/mol. The first kappa shape index (κ1) is 13.4. The molecule has 1 atom stereocenters. The van der Waals surface area contributed by atoms with Crippen LogP contribution in [0.15, 0.2) is 28.7 Å². The van der Waals surface area contributed by atoms with Gasteiger partial charge in [0, 0.05) is 15.9 Å². The Balaban J connectivity index is 2.15. The smallest absolute Gasteiger partial charge is 0.134 e. The van der Waals surface area contributed by atoms with Gasteiger partial charge in [0.2, 0.25) is 0 Å². The lowest BCUT2D eigenvalue weighted by molar-refractivity contribution is 0.176. The predicted molar refractivity (Wildman–Crippen MR) is 73.3 cm³/mol. The van der Waals surface area contributed by atoms with Crippen molar-refractivity contribution in [1.82, 2.24) is 0 Å². The van der Waals surface area contributed by atoms with Gasteiger partial charge in [0.15, 0.2) is 0 Å². The summed E-state index contributed by atoms with van der Waals surface area (Å²) in [6, 6.07) is 6.04. The minimum atomic E-state index is -0.662. The van der Waals surface area contributed by atoms with Gasteiger partial charge in [0.25, 0.3) is 0 Å². The van der Waals surface area contributed by atoms with Gasteiger partial charge in [-0.05, 0) is 24.3 Å². The molecule has 0 bridgehead atoms. The predicted octanol–water partition coefficient (Wildman–Crippen LogP) is 4.14. The van der Waals surface area contributed by atoms with E-state index >= 15 is 0 Å². The molecule has 0 aliphatic heterocycles. The van der Waals surface area contributed by atoms with Crippen molar-refractivity contribution in [2.24, 2.45) is 0 Å². The Morgan fingerprint density at radius 2 is 2.06 bits per heavy atom. The van der Waals surface area contributed by atoms with E-state index in [2.05, 4.69) is 20.8 Å². The summed E-state index contributed by atoms with van der Waals surface area (Å²) < 4.78 is 18.7. The summed E-state index contributed by atoms with van der Waals surface area (Å²) in [5.74, 6) is 0.756. The Morgan fingerprint density at radius 3 is 2.72 bits per heavy atom. The van der Waals surface area contributed by atoms with Gasteiger partial charge in [0.05, 0.1) is 0 Å². The van der Waals surface area contributed by atoms with E-state index in [4.69, 9.17) is 4.42 Å². The van der Waals surface area contributed by atoms with E-state index in [-0.39, 0.29) is 10.6 Å². The van der Waals surface area contributed by atoms with Crippen LogP contribution in [0.25, 0.3) is 11.0 Å². The van der Waals surface area contributed by atoms with Crippen molar-refractivity contribution < 1.29 is 13.9 Å². The van der Waals surface area contributed by atoms with E-state index in [9.17, 15) is 9.50 Å². The summed E-state index contributed by atoms with van der Waals surface area (Å²) in [6.07, 6.45) is -0.662. The van der Waals surface area contributed by atoms with Gasteiger partial charge in [-0.25, -0.2) is 4.39 Å². The van der Waals surface area contributed by atoms with E-state index in [1.165, 1.54) is 12.1 Å². The molecule has 1 aromatic heterocycles. The number of thioether (sulfide) groups is 1. The molecular formula is C14H17FO2S. The van der Waals surface area contributed by atoms with E-state index in [1.807, 2.05) is 0 Å². The second kappa shape index (κ2) is 4.94. The molecule has 1 heterocycles. The molecule has 0 radical (unpaired) electrons. The number of fused-ring (bicyclic) bond motifs is 1. The standard InChI is InChI=1S/C14H17FO2S/c1-14(2,3)18-8-11(16)13-7-9-6-10(15)4-5-12(9)17-13/h4-7,11,16H,8H2,1-3H3. The maximum Gasteiger partial charge on any atom is 0.134 e. The van der Waals surface area contributed by atoms with Gasteiger partial charge in [-0.3, -0.25) is 0 Å². The molecule has 2 aromatic rings. The molecule has 4 heteroatoms. The molecule has 2 rings (SSSR count). The lowest BCUT2D eigenvalue weighted by Gasteiger charge is -2.19. The minimum absolute atomic E-state index is 0.0963. The lowest BCUT2D eigenvalue weighted by atomic mass is 10.2. The average molecular weight is 268 g/mol. The highest BCUT2D eigenvalue weighted by atomic mass is 32.2. The van der Waals surface area contributed by atoms with Crippen molar-refractivity contribution in [3.63, 3.8) is 0 Å². The largest absolute Gasteiger partial charge is 0.458 e. The Kier molecular flexibility index (Phi) is 3.69. The zero-order valence-corrected chi connectivity index (χ0v) is 11.6. The average Bonchev–Trinajstić information content (AvgIpc) is 2.67. The molecule has 0 saturated heterocycles. The van der Waals surface area contributed by atoms with Gasteiger partial charge in [-0.15, -0.1) is 0 Å². The fraction of sp³-hybridized carbons (Fsp3) is 0.429. The first-order valence-electron chi connectivity index (χ1n) is 5.86. The summed E-state index contributed by atoms with van der Waals surface area (Å²) in [7, 11) is 0. The number of hydrogen-bond acceptors (Lipinski definition) is 3. The molecule has 0 aliphatic carbocycles. The summed E-state index contributed by atoms with van der Waals surface area (Å²) >= 11 is 1.67. The lowest BCUT2D eigenvalue weighted by Crippen LogP contribution is -2.11. The normalized spacial score (nSPS) is 14.1. The van der Waals surface area contributed by atoms with Gasteiger partial charge in [-0.1, -0.05) is 20.8 Å². The van der Waals surface area contributed by atoms with Gasteiger partial charge in [-0.2, -0.15) is 11.8 Å². The first-order chi connectivity index (χ1) is 8.35. The molecule has 1 aromatic carbocycles. The van der Waals surface area contributed by atoms with Crippen LogP contribution in [0.5, 0.6) is 0 Å². The highest BCUT2D eigenvalue weighted by Crippen LogP contribution is 2.31. The Morgan fingerprint density at radius 1 is 1.33 bits per heavy atom. The molecule has 0 aliphatic rings. The van der Waals surface area contributed by atoms with Gasteiger partial charge in [0.1, 0.15) is 23.3 Å². The van der Waals surface area contributed by atoms with Gasteiger partial charge >= 0.3 is 0 Å². The Labute approximate surface area is 110 Å². The van der Waals surface area contributed by atoms with Crippen molar-refractivity contribution in [2.75, 3.05) is 5.75 Å². The molecule has 0 amide bonds. The molecule has 0 saturated carbocycles. The number of furan rings is 1. The maximum absolute atomic E-state index is 13.0. The number of rotatable bonds is 3. The Hall–Kier alpha value is -1.00. The van der Waals surface area contributed by atoms with Crippen LogP contribution in [0, 0.1) is 5.82 Å². The van der Waals surface area contributed by atoms with Crippen molar-refractivity contribution >= 4 is 22.7 Å². The van der Waals surface area contributed by atoms with E-state index < -0.39 is 6.10 Å². The van der Waals surface area contributed by atoms with E-state index in [0.717, 1.165) is 0 Å². The van der Waals surface area contributed by atoms with Crippen LogP contribution in [-0.2, 0) is 0 Å². The first-order valence-corrected chi connectivity index (χ1v) is 6.85. The molecule has 1 unspecified atom stereocenters. The number of benzene rings is 1. The van der Waals surface area contributed by atoms with Crippen LogP contribution in [0.1, 0.15) is 32.6 Å². The van der Waals surface area contributed by atoms with E-state index in [1.54, 1.807) is 23.9 Å². The van der Waals surface area contributed by atoms with Crippen LogP contribution >= 0.6 is 11.8 Å². The summed E-state index contributed by atoms with van der Waals surface area (Å²) in [5, 5.41) is 10.7. The van der Waals surface area contributed by atoms with Crippen LogP contribution in [-0.4, -0.2) is 15.6 Å². The van der Waals surface area contributed by atoms with Crippen LogP contribution in [0.2, 0.25) is 0 Å². The zero-order chi connectivity index (χ0) is 13.3. The van der Waals surface area contributed by atoms with E-state index in [0.29, 0.717) is 22.5 Å². The molecule has 0 fully saturated rings. The van der Waals surface area contributed by atoms with Crippen molar-refractivity contribution in [1.29, 1.82) is 0 Å². The summed E-state index contributed by atoms with van der Waals surface area (Å²) in [4.78, 5) is 0. The highest BCUT2D eigenvalue weighted by molar-refractivity contribution is 8.00. The third-order valence-electron chi connectivity index (χ3n) is 2.50. The molecule has 2 nitrogen and oxygen atoms in total. The number of hydrogen-bond donors (Lipinski definition) is 1. The van der Waals surface area contributed by atoms with Crippen LogP contribution in [0.4, 0.5) is 4.39 Å². The van der Waals surface area contributed by atoms with Crippen molar-refractivity contribution in [3.8, 4) is 0 Å². The molecular weight excluding hydrogens is 251 g/mol. The minimum Gasteiger partial charge on any atom is -0.458 e. The fourth-order valence-electron chi connectivity index (χ4n) is 1.61. The molecule has 98 valence electrons. The number of aliphatic hydroxyl groups is 1. The second-order valence-corrected chi connectivity index (χ2v) is 7.12. The zero-order valence-electron chi connectivity index (χ0n) is 10.7. The molecule has 18 heavy (non-hydrogen) atoms. The third-order valence-corrected chi connectivity index (χ3v) is 3.85. The van der Waals surface area contributed by atoms with Crippen molar-refractivity contribution in [3.05, 3.63) is 35.8 Å². The summed E-state index contributed by atoms with van der Waals surface area (Å²) in [6.45, 7) is 6.29. The van der Waals surface area contributed by atoms with Crippen LogP contribution < -0.4 is 0 Å². The SMILES string of the molecule is CC(C)(C)SCC(O)c1cc2cc(F)ccc2o1. The second-order valence-electron chi connectivity index (χ2n) is 5.27. The highest BCUT2D eigenvalue weighted by Gasteiger charge is 2.18. The third kappa shape index (κ3) is 3.27. The maximum atomic E-state index is 13.0. The Bertz CT molecular complexity index is 542. The number of halogens is 1. The van der Waals surface area contributed by atoms with Gasteiger partial charge < -0.3 is 9.52 Å². The summed E-state index contributed by atoms with van der Waals surface area (Å²) in [5.41, 5.74) is 0.603. The quantitative estimate of drug-likeness (QED) is 0.908. The topological polar surface area (TPSA) is 33.4 Å². The van der Waals surface area contributed by atoms with Crippen molar-refractivity contribution in [2.45, 2.75) is 31.6 Å². The number of aliphatic hydroxyl groups excluding tert-OH is 1. The van der Waals surface area contributed by atoms with Crippen LogP contribution in [0.3, 0.4) is 0 Å².